The number of carbonyl (C=O) groups excluding carboxylic acids is 3. The lowest BCUT2D eigenvalue weighted by Crippen LogP contribution is -2.35. The molecule has 0 unspecified atom stereocenters. The van der Waals surface area contributed by atoms with Crippen molar-refractivity contribution in [2.45, 2.75) is 19.9 Å². The first kappa shape index (κ1) is 16.6. The maximum atomic E-state index is 13.1. The Morgan fingerprint density at radius 3 is 2.24 bits per heavy atom. The van der Waals surface area contributed by atoms with Gasteiger partial charge in [-0.2, -0.15) is 0 Å². The van der Waals surface area contributed by atoms with Gasteiger partial charge in [0.05, 0.1) is 11.1 Å². The minimum atomic E-state index is -0.581. The molecule has 128 valence electrons. The van der Waals surface area contributed by atoms with Crippen LogP contribution < -0.4 is 10.6 Å². The molecule has 7 heteroatoms. The van der Waals surface area contributed by atoms with Crippen LogP contribution in [0.5, 0.6) is 0 Å². The third-order valence-corrected chi connectivity index (χ3v) is 3.77. The van der Waals surface area contributed by atoms with Crippen LogP contribution in [0.15, 0.2) is 42.5 Å². The summed E-state index contributed by atoms with van der Waals surface area (Å²) in [4.78, 5) is 37.8. The second kappa shape index (κ2) is 6.35. The number of hydrogen-bond donors (Lipinski definition) is 2. The summed E-state index contributed by atoms with van der Waals surface area (Å²) in [6.07, 6.45) is 0. The van der Waals surface area contributed by atoms with Gasteiger partial charge in [-0.25, -0.2) is 9.18 Å². The summed E-state index contributed by atoms with van der Waals surface area (Å²) >= 11 is 0. The quantitative estimate of drug-likeness (QED) is 0.839. The number of hydrogen-bond acceptors (Lipinski definition) is 3. The lowest BCUT2D eigenvalue weighted by Gasteiger charge is -2.17. The van der Waals surface area contributed by atoms with Gasteiger partial charge in [0.2, 0.25) is 0 Å². The second-order valence-corrected chi connectivity index (χ2v) is 5.92. The highest BCUT2D eigenvalue weighted by Crippen LogP contribution is 2.27. The Balaban J connectivity index is 1.77. The molecule has 0 aliphatic carbocycles. The second-order valence-electron chi connectivity index (χ2n) is 5.92. The van der Waals surface area contributed by atoms with E-state index in [1.54, 1.807) is 26.0 Å². The van der Waals surface area contributed by atoms with Crippen LogP contribution in [0, 0.1) is 5.82 Å². The highest BCUT2D eigenvalue weighted by molar-refractivity contribution is 6.22. The van der Waals surface area contributed by atoms with E-state index < -0.39 is 11.8 Å². The number of benzene rings is 2. The average Bonchev–Trinajstić information content (AvgIpc) is 2.78. The van der Waals surface area contributed by atoms with E-state index >= 15 is 0 Å². The molecule has 0 spiro atoms. The summed E-state index contributed by atoms with van der Waals surface area (Å²) < 4.78 is 13.1. The monoisotopic (exact) mass is 341 g/mol. The van der Waals surface area contributed by atoms with E-state index in [-0.39, 0.29) is 23.4 Å². The highest BCUT2D eigenvalue weighted by atomic mass is 19.1. The van der Waals surface area contributed by atoms with Crippen LogP contribution >= 0.6 is 0 Å². The standard InChI is InChI=1S/C18H16FN3O3/c1-10(2)22-16(23)14-7-6-13(9-15(14)17(22)24)21-18(25)20-12-5-3-4-11(19)8-12/h3-10H,1-2H3,(H2,20,21,25). The number of carbonyl (C=O) groups is 3. The molecule has 0 atom stereocenters. The van der Waals surface area contributed by atoms with Crippen LogP contribution in [0.2, 0.25) is 0 Å². The van der Waals surface area contributed by atoms with Gasteiger partial charge in [0, 0.05) is 17.4 Å². The van der Waals surface area contributed by atoms with Crippen molar-refractivity contribution in [2.24, 2.45) is 0 Å². The van der Waals surface area contributed by atoms with Crippen LogP contribution in [0.1, 0.15) is 34.6 Å². The number of halogens is 1. The van der Waals surface area contributed by atoms with Crippen molar-refractivity contribution in [1.29, 1.82) is 0 Å². The van der Waals surface area contributed by atoms with E-state index in [1.165, 1.54) is 35.2 Å². The fourth-order valence-electron chi connectivity index (χ4n) is 2.67. The molecule has 1 aliphatic heterocycles. The molecule has 4 amide bonds. The maximum absolute atomic E-state index is 13.1. The Labute approximate surface area is 143 Å². The molecule has 0 saturated heterocycles. The maximum Gasteiger partial charge on any atom is 0.323 e. The van der Waals surface area contributed by atoms with E-state index in [1.807, 2.05) is 0 Å². The number of imide groups is 1. The van der Waals surface area contributed by atoms with Gasteiger partial charge in [-0.1, -0.05) is 6.07 Å². The predicted octanol–water partition coefficient (Wildman–Crippen LogP) is 3.47. The molecule has 0 saturated carbocycles. The molecule has 1 heterocycles. The van der Waals surface area contributed by atoms with Gasteiger partial charge in [0.15, 0.2) is 0 Å². The van der Waals surface area contributed by atoms with Crippen LogP contribution in [-0.4, -0.2) is 28.8 Å². The van der Waals surface area contributed by atoms with E-state index in [9.17, 15) is 18.8 Å². The smallest absolute Gasteiger partial charge is 0.308 e. The summed E-state index contributed by atoms with van der Waals surface area (Å²) in [5.74, 6) is -1.19. The Bertz CT molecular complexity index is 880. The third kappa shape index (κ3) is 3.21. The molecular formula is C18H16FN3O3. The fourth-order valence-corrected chi connectivity index (χ4v) is 2.67. The van der Waals surface area contributed by atoms with Crippen LogP contribution in [-0.2, 0) is 0 Å². The summed E-state index contributed by atoms with van der Waals surface area (Å²) in [6.45, 7) is 3.51. The summed E-state index contributed by atoms with van der Waals surface area (Å²) in [5, 5.41) is 5.06. The van der Waals surface area contributed by atoms with Crippen molar-refractivity contribution in [3.05, 3.63) is 59.4 Å². The Morgan fingerprint density at radius 1 is 0.960 bits per heavy atom. The van der Waals surface area contributed by atoms with Crippen molar-refractivity contribution < 1.29 is 18.8 Å². The minimum absolute atomic E-state index is 0.250. The molecule has 2 aromatic rings. The first-order valence-corrected chi connectivity index (χ1v) is 7.72. The summed E-state index contributed by atoms with van der Waals surface area (Å²) in [7, 11) is 0. The molecule has 2 aromatic carbocycles. The molecule has 25 heavy (non-hydrogen) atoms. The molecule has 1 aliphatic rings. The fraction of sp³-hybridized carbons (Fsp3) is 0.167. The van der Waals surface area contributed by atoms with Crippen LogP contribution in [0.3, 0.4) is 0 Å². The van der Waals surface area contributed by atoms with Gasteiger partial charge in [-0.3, -0.25) is 14.5 Å². The minimum Gasteiger partial charge on any atom is -0.308 e. The topological polar surface area (TPSA) is 78.5 Å². The zero-order valence-electron chi connectivity index (χ0n) is 13.7. The van der Waals surface area contributed by atoms with Crippen LogP contribution in [0.25, 0.3) is 0 Å². The molecule has 0 bridgehead atoms. The number of nitrogens with zero attached hydrogens (tertiary/aromatic N) is 1. The van der Waals surface area contributed by atoms with E-state index in [0.717, 1.165) is 0 Å². The van der Waals surface area contributed by atoms with E-state index in [4.69, 9.17) is 0 Å². The van der Waals surface area contributed by atoms with Gasteiger partial charge < -0.3 is 10.6 Å². The third-order valence-electron chi connectivity index (χ3n) is 3.77. The largest absolute Gasteiger partial charge is 0.323 e. The molecule has 0 aromatic heterocycles. The first-order valence-electron chi connectivity index (χ1n) is 7.72. The van der Waals surface area contributed by atoms with Gasteiger partial charge >= 0.3 is 6.03 Å². The zero-order valence-corrected chi connectivity index (χ0v) is 13.7. The normalized spacial score (nSPS) is 13.2. The lowest BCUT2D eigenvalue weighted by molar-refractivity contribution is 0.0609. The van der Waals surface area contributed by atoms with Crippen molar-refractivity contribution in [1.82, 2.24) is 4.90 Å². The SMILES string of the molecule is CC(C)N1C(=O)c2ccc(NC(=O)Nc3cccc(F)c3)cc2C1=O. The predicted molar refractivity (Wildman–Crippen MR) is 91.1 cm³/mol. The van der Waals surface area contributed by atoms with Crippen molar-refractivity contribution in [3.63, 3.8) is 0 Å². The highest BCUT2D eigenvalue weighted by Gasteiger charge is 2.37. The number of urea groups is 1. The first-order chi connectivity index (χ1) is 11.9. The van der Waals surface area contributed by atoms with Crippen molar-refractivity contribution >= 4 is 29.2 Å². The van der Waals surface area contributed by atoms with Gasteiger partial charge in [-0.05, 0) is 50.2 Å². The molecular weight excluding hydrogens is 325 g/mol. The molecule has 2 N–H and O–H groups in total. The van der Waals surface area contributed by atoms with Gasteiger partial charge in [0.1, 0.15) is 5.82 Å². The van der Waals surface area contributed by atoms with E-state index in [0.29, 0.717) is 16.9 Å². The molecule has 3 rings (SSSR count). The van der Waals surface area contributed by atoms with Crippen molar-refractivity contribution in [3.8, 4) is 0 Å². The molecule has 0 fully saturated rings. The average molecular weight is 341 g/mol. The number of nitrogens with one attached hydrogen (secondary N) is 2. The molecule has 6 nitrogen and oxygen atoms in total. The Hall–Kier alpha value is -3.22. The van der Waals surface area contributed by atoms with Gasteiger partial charge in [-0.15, -0.1) is 0 Å². The molecule has 0 radical (unpaired) electrons. The summed E-state index contributed by atoms with van der Waals surface area (Å²) in [6, 6.07) is 9.16. The Kier molecular flexibility index (Phi) is 4.22. The number of fused-ring (bicyclic) bond motifs is 1. The van der Waals surface area contributed by atoms with Crippen LogP contribution in [0.4, 0.5) is 20.6 Å². The number of rotatable bonds is 3. The zero-order chi connectivity index (χ0) is 18.1. The van der Waals surface area contributed by atoms with E-state index in [2.05, 4.69) is 10.6 Å². The lowest BCUT2D eigenvalue weighted by atomic mass is 10.1. The Morgan fingerprint density at radius 2 is 1.60 bits per heavy atom. The summed E-state index contributed by atoms with van der Waals surface area (Å²) in [5.41, 5.74) is 1.23. The van der Waals surface area contributed by atoms with Gasteiger partial charge in [0.25, 0.3) is 11.8 Å². The number of amides is 4. The number of anilines is 2. The van der Waals surface area contributed by atoms with Crippen molar-refractivity contribution in [2.75, 3.05) is 10.6 Å².